The number of nitrogens with one attached hydrogen (secondary N) is 1. The number of nitrogens with zero attached hydrogens (tertiary/aromatic N) is 2. The molecular formula is C18H25N3O2. The van der Waals surface area contributed by atoms with E-state index >= 15 is 0 Å². The number of piperazine rings is 1. The highest BCUT2D eigenvalue weighted by atomic mass is 16.2. The summed E-state index contributed by atoms with van der Waals surface area (Å²) in [5.74, 6) is -0.328. The highest BCUT2D eigenvalue weighted by Gasteiger charge is 2.27. The van der Waals surface area contributed by atoms with Gasteiger partial charge in [0.15, 0.2) is 0 Å². The van der Waals surface area contributed by atoms with E-state index in [2.05, 4.69) is 10.2 Å². The highest BCUT2D eigenvalue weighted by Crippen LogP contribution is 2.23. The maximum Gasteiger partial charge on any atom is 0.324 e. The smallest absolute Gasteiger partial charge is 0.322 e. The number of rotatable bonds is 2. The molecule has 1 aliphatic carbocycles. The number of urea groups is 1. The van der Waals surface area contributed by atoms with E-state index < -0.39 is 0 Å². The van der Waals surface area contributed by atoms with Crippen molar-refractivity contribution in [1.29, 1.82) is 0 Å². The van der Waals surface area contributed by atoms with Crippen LogP contribution >= 0.6 is 0 Å². The lowest BCUT2D eigenvalue weighted by Crippen LogP contribution is -2.55. The summed E-state index contributed by atoms with van der Waals surface area (Å²) in [6.45, 7) is 3.23. The van der Waals surface area contributed by atoms with Crippen molar-refractivity contribution in [2.24, 2.45) is 0 Å². The first-order valence-electron chi connectivity index (χ1n) is 8.63. The minimum atomic E-state index is -0.328. The Morgan fingerprint density at radius 2 is 1.57 bits per heavy atom. The molecule has 1 saturated carbocycles. The maximum atomic E-state index is 12.2. The Bertz CT molecular complexity index is 532. The number of carbonyl (C=O) groups excluding carboxylic acids is 2. The number of carbonyl (C=O) groups is 2. The second kappa shape index (κ2) is 7.59. The molecule has 5 heteroatoms. The molecule has 1 aliphatic heterocycles. The zero-order chi connectivity index (χ0) is 16.1. The van der Waals surface area contributed by atoms with Crippen molar-refractivity contribution in [3.8, 4) is 0 Å². The van der Waals surface area contributed by atoms with Crippen molar-refractivity contribution in [3.63, 3.8) is 0 Å². The molecule has 3 amide bonds. The van der Waals surface area contributed by atoms with E-state index in [4.69, 9.17) is 0 Å². The molecule has 0 bridgehead atoms. The van der Waals surface area contributed by atoms with E-state index in [1.807, 2.05) is 6.07 Å². The van der Waals surface area contributed by atoms with E-state index in [1.165, 1.54) is 32.1 Å². The molecule has 1 saturated heterocycles. The molecule has 23 heavy (non-hydrogen) atoms. The third-order valence-corrected chi connectivity index (χ3v) is 4.95. The fourth-order valence-electron chi connectivity index (χ4n) is 3.57. The lowest BCUT2D eigenvalue weighted by atomic mass is 9.94. The molecule has 0 spiro atoms. The molecule has 2 aliphatic rings. The Kier molecular flexibility index (Phi) is 5.28. The predicted molar refractivity (Wildman–Crippen MR) is 89.3 cm³/mol. The summed E-state index contributed by atoms with van der Waals surface area (Å²) in [7, 11) is 0. The molecule has 1 aromatic rings. The van der Waals surface area contributed by atoms with Gasteiger partial charge in [0.2, 0.25) is 0 Å². The van der Waals surface area contributed by atoms with Crippen molar-refractivity contribution in [1.82, 2.24) is 15.1 Å². The van der Waals surface area contributed by atoms with Gasteiger partial charge in [-0.2, -0.15) is 0 Å². The van der Waals surface area contributed by atoms with Gasteiger partial charge in [-0.05, 0) is 25.0 Å². The fraction of sp³-hybridized carbons (Fsp3) is 0.556. The topological polar surface area (TPSA) is 52.7 Å². The van der Waals surface area contributed by atoms with Gasteiger partial charge in [-0.25, -0.2) is 4.79 Å². The van der Waals surface area contributed by atoms with Crippen LogP contribution in [0.1, 0.15) is 42.5 Å². The molecule has 5 nitrogen and oxygen atoms in total. The summed E-state index contributed by atoms with van der Waals surface area (Å²) < 4.78 is 0. The van der Waals surface area contributed by atoms with Crippen molar-refractivity contribution in [2.75, 3.05) is 26.2 Å². The minimum absolute atomic E-state index is 0.276. The molecule has 0 radical (unpaired) electrons. The predicted octanol–water partition coefficient (Wildman–Crippen LogP) is 2.49. The van der Waals surface area contributed by atoms with Crippen LogP contribution in [0.15, 0.2) is 30.3 Å². The number of hydrogen-bond acceptors (Lipinski definition) is 3. The van der Waals surface area contributed by atoms with E-state index in [9.17, 15) is 9.59 Å². The summed E-state index contributed by atoms with van der Waals surface area (Å²) in [6, 6.07) is 9.28. The van der Waals surface area contributed by atoms with Crippen molar-refractivity contribution >= 4 is 11.9 Å². The molecule has 1 heterocycles. The molecule has 0 aromatic heterocycles. The van der Waals surface area contributed by atoms with Gasteiger partial charge in [0, 0.05) is 37.8 Å². The molecular weight excluding hydrogens is 290 g/mol. The Labute approximate surface area is 137 Å². The zero-order valence-electron chi connectivity index (χ0n) is 13.5. The minimum Gasteiger partial charge on any atom is -0.322 e. The van der Waals surface area contributed by atoms with Gasteiger partial charge < -0.3 is 4.90 Å². The SMILES string of the molecule is O=C(NC(=O)N1CCN(C2CCCCC2)CC1)c1ccccc1. The van der Waals surface area contributed by atoms with Crippen molar-refractivity contribution in [2.45, 2.75) is 38.1 Å². The molecule has 3 rings (SSSR count). The fourth-order valence-corrected chi connectivity index (χ4v) is 3.57. The number of hydrogen-bond donors (Lipinski definition) is 1. The Morgan fingerprint density at radius 3 is 2.22 bits per heavy atom. The summed E-state index contributed by atoms with van der Waals surface area (Å²) in [5, 5.41) is 2.49. The van der Waals surface area contributed by atoms with E-state index in [1.54, 1.807) is 29.2 Å². The normalized spacial score (nSPS) is 20.3. The standard InChI is InChI=1S/C18H25N3O2/c22-17(15-7-3-1-4-8-15)19-18(23)21-13-11-20(12-14-21)16-9-5-2-6-10-16/h1,3-4,7-8,16H,2,5-6,9-14H2,(H,19,22,23). The van der Waals surface area contributed by atoms with E-state index in [-0.39, 0.29) is 11.9 Å². The van der Waals surface area contributed by atoms with Gasteiger partial charge in [0.25, 0.3) is 5.91 Å². The molecule has 0 unspecified atom stereocenters. The lowest BCUT2D eigenvalue weighted by molar-refractivity contribution is 0.0842. The zero-order valence-corrected chi connectivity index (χ0v) is 13.5. The number of imide groups is 1. The van der Waals surface area contributed by atoms with Crippen LogP contribution in [-0.4, -0.2) is 54.0 Å². The second-order valence-corrected chi connectivity index (χ2v) is 6.44. The van der Waals surface area contributed by atoms with Crippen LogP contribution < -0.4 is 5.32 Å². The quantitative estimate of drug-likeness (QED) is 0.912. The van der Waals surface area contributed by atoms with Crippen molar-refractivity contribution < 1.29 is 9.59 Å². The summed E-state index contributed by atoms with van der Waals surface area (Å²) >= 11 is 0. The van der Waals surface area contributed by atoms with Crippen LogP contribution in [0.5, 0.6) is 0 Å². The number of benzene rings is 1. The van der Waals surface area contributed by atoms with Gasteiger partial charge in [-0.1, -0.05) is 37.5 Å². The molecule has 1 N–H and O–H groups in total. The van der Waals surface area contributed by atoms with Crippen LogP contribution in [-0.2, 0) is 0 Å². The molecule has 124 valence electrons. The van der Waals surface area contributed by atoms with Gasteiger partial charge in [0.05, 0.1) is 0 Å². The van der Waals surface area contributed by atoms with Gasteiger partial charge in [-0.3, -0.25) is 15.0 Å². The lowest BCUT2D eigenvalue weighted by Gasteiger charge is -2.40. The average molecular weight is 315 g/mol. The monoisotopic (exact) mass is 315 g/mol. The Morgan fingerprint density at radius 1 is 0.913 bits per heavy atom. The first-order valence-corrected chi connectivity index (χ1v) is 8.63. The number of amides is 3. The summed E-state index contributed by atoms with van der Waals surface area (Å²) in [5.41, 5.74) is 0.515. The Hall–Kier alpha value is -1.88. The Balaban J connectivity index is 1.47. The summed E-state index contributed by atoms with van der Waals surface area (Å²) in [4.78, 5) is 28.5. The summed E-state index contributed by atoms with van der Waals surface area (Å²) in [6.07, 6.45) is 6.60. The first kappa shape index (κ1) is 16.0. The van der Waals surface area contributed by atoms with E-state index in [0.717, 1.165) is 13.1 Å². The van der Waals surface area contributed by atoms with Crippen LogP contribution in [0.4, 0.5) is 4.79 Å². The largest absolute Gasteiger partial charge is 0.324 e. The van der Waals surface area contributed by atoms with Crippen molar-refractivity contribution in [3.05, 3.63) is 35.9 Å². The first-order chi connectivity index (χ1) is 11.2. The molecule has 0 atom stereocenters. The molecule has 1 aromatic carbocycles. The third-order valence-electron chi connectivity index (χ3n) is 4.95. The van der Waals surface area contributed by atoms with Crippen LogP contribution in [0, 0.1) is 0 Å². The van der Waals surface area contributed by atoms with Gasteiger partial charge in [-0.15, -0.1) is 0 Å². The average Bonchev–Trinajstić information content (AvgIpc) is 2.63. The van der Waals surface area contributed by atoms with Crippen LogP contribution in [0.2, 0.25) is 0 Å². The highest BCUT2D eigenvalue weighted by molar-refractivity contribution is 6.04. The second-order valence-electron chi connectivity index (χ2n) is 6.44. The van der Waals surface area contributed by atoms with E-state index in [0.29, 0.717) is 24.7 Å². The van der Waals surface area contributed by atoms with Gasteiger partial charge in [0.1, 0.15) is 0 Å². The van der Waals surface area contributed by atoms with Gasteiger partial charge >= 0.3 is 6.03 Å². The van der Waals surface area contributed by atoms with Crippen LogP contribution in [0.3, 0.4) is 0 Å². The maximum absolute atomic E-state index is 12.2. The third kappa shape index (κ3) is 4.10. The molecule has 2 fully saturated rings. The van der Waals surface area contributed by atoms with Crippen LogP contribution in [0.25, 0.3) is 0 Å².